The monoisotopic (exact) mass is 501 g/mol. The fraction of sp³-hybridized carbons (Fsp3) is 0.500. The number of nitrogens with zero attached hydrogens (tertiary/aromatic N) is 6. The summed E-state index contributed by atoms with van der Waals surface area (Å²) in [6.07, 6.45) is 13.2. The first kappa shape index (κ1) is 25.0. The molecule has 1 aliphatic heterocycles. The summed E-state index contributed by atoms with van der Waals surface area (Å²) < 4.78 is 3.82. The minimum absolute atomic E-state index is 0.0271. The molecule has 3 heterocycles. The number of aromatic amines is 1. The van der Waals surface area contributed by atoms with E-state index in [1.54, 1.807) is 6.92 Å². The lowest BCUT2D eigenvalue weighted by Crippen LogP contribution is -2.39. The zero-order chi connectivity index (χ0) is 26.0. The molecule has 3 aromatic rings. The Kier molecular flexibility index (Phi) is 7.04. The van der Waals surface area contributed by atoms with E-state index in [-0.39, 0.29) is 29.4 Å². The van der Waals surface area contributed by atoms with Crippen LogP contribution in [0.4, 0.5) is 0 Å². The van der Waals surface area contributed by atoms with Gasteiger partial charge >= 0.3 is 5.69 Å². The number of aromatic nitrogens is 6. The molecule has 1 saturated carbocycles. The van der Waals surface area contributed by atoms with Crippen LogP contribution in [0.3, 0.4) is 0 Å². The number of unbranched alkanes of at least 4 members (excludes halogenated alkanes) is 1. The number of rotatable bonds is 9. The third-order valence-corrected chi connectivity index (χ3v) is 8.17. The standard InChI is InChI=1S/C28H35N7O2/c1-4-5-9-23-17-34(25-19(2)10-11-24(25)20(3)36)27(37)35(23)18-28(12-14-29-15-13-28)22-8-6-7-21(16-22)26-30-32-33-31-26/h6-8,12,14-17,19,24-25H,4-5,9-11,13,18H2,1-3H3,(H,30,31,32,33). The van der Waals surface area contributed by atoms with Gasteiger partial charge in [-0.1, -0.05) is 44.5 Å². The van der Waals surface area contributed by atoms with Crippen LogP contribution in [0.1, 0.15) is 70.2 Å². The molecule has 0 radical (unpaired) electrons. The van der Waals surface area contributed by atoms with Gasteiger partial charge in [-0.15, -0.1) is 10.2 Å². The minimum atomic E-state index is -0.459. The third-order valence-electron chi connectivity index (χ3n) is 8.17. The summed E-state index contributed by atoms with van der Waals surface area (Å²) >= 11 is 0. The molecule has 37 heavy (non-hydrogen) atoms. The Bertz CT molecular complexity index is 1370. The summed E-state index contributed by atoms with van der Waals surface area (Å²) in [4.78, 5) is 30.9. The number of aliphatic imine (C=N–C) groups is 1. The topological polar surface area (TPSA) is 111 Å². The van der Waals surface area contributed by atoms with E-state index in [2.05, 4.69) is 57.7 Å². The van der Waals surface area contributed by atoms with Crippen molar-refractivity contribution in [1.82, 2.24) is 29.8 Å². The molecular weight excluding hydrogens is 466 g/mol. The maximum absolute atomic E-state index is 14.1. The van der Waals surface area contributed by atoms with Gasteiger partial charge in [0.25, 0.3) is 0 Å². The number of Topliss-reactive ketones (excluding diaryl/α,β-unsaturated/α-hetero) is 1. The molecule has 2 aromatic heterocycles. The van der Waals surface area contributed by atoms with Crippen molar-refractivity contribution in [2.24, 2.45) is 16.8 Å². The van der Waals surface area contributed by atoms with Gasteiger partial charge in [-0.2, -0.15) is 5.21 Å². The van der Waals surface area contributed by atoms with Crippen LogP contribution >= 0.6 is 0 Å². The minimum Gasteiger partial charge on any atom is -0.300 e. The van der Waals surface area contributed by atoms with Crippen LogP contribution < -0.4 is 5.69 Å². The second kappa shape index (κ2) is 10.4. The van der Waals surface area contributed by atoms with E-state index in [1.165, 1.54) is 0 Å². The van der Waals surface area contributed by atoms with Crippen LogP contribution in [-0.4, -0.2) is 41.8 Å². The van der Waals surface area contributed by atoms with E-state index in [4.69, 9.17) is 0 Å². The molecule has 5 rings (SSSR count). The summed E-state index contributed by atoms with van der Waals surface area (Å²) in [7, 11) is 0. The van der Waals surface area contributed by atoms with Crippen LogP contribution in [-0.2, 0) is 23.2 Å². The highest BCUT2D eigenvalue weighted by molar-refractivity contribution is 5.79. The first-order valence-corrected chi connectivity index (χ1v) is 13.3. The number of hydrogen-bond donors (Lipinski definition) is 1. The average molecular weight is 502 g/mol. The highest BCUT2D eigenvalue weighted by Gasteiger charge is 2.40. The number of carbonyl (C=O) groups is 1. The second-order valence-corrected chi connectivity index (χ2v) is 10.6. The van der Waals surface area contributed by atoms with Gasteiger partial charge in [0.15, 0.2) is 0 Å². The molecular formula is C28H35N7O2. The van der Waals surface area contributed by atoms with Gasteiger partial charge in [-0.25, -0.2) is 4.79 Å². The largest absolute Gasteiger partial charge is 0.328 e. The van der Waals surface area contributed by atoms with Gasteiger partial charge in [-0.05, 0) is 61.8 Å². The molecule has 4 unspecified atom stereocenters. The predicted molar refractivity (Wildman–Crippen MR) is 142 cm³/mol. The number of carbonyl (C=O) groups excluding carboxylic acids is 1. The number of allylic oxidation sites excluding steroid dienone is 1. The van der Waals surface area contributed by atoms with Crippen molar-refractivity contribution < 1.29 is 4.79 Å². The van der Waals surface area contributed by atoms with Gasteiger partial charge in [0.2, 0.25) is 5.82 Å². The van der Waals surface area contributed by atoms with E-state index < -0.39 is 5.41 Å². The number of ketones is 1. The molecule has 0 amide bonds. The Morgan fingerprint density at radius 2 is 2.14 bits per heavy atom. The number of H-pyrrole nitrogens is 1. The van der Waals surface area contributed by atoms with Crippen LogP contribution in [0.2, 0.25) is 0 Å². The lowest BCUT2D eigenvalue weighted by Gasteiger charge is -2.32. The maximum Gasteiger partial charge on any atom is 0.328 e. The van der Waals surface area contributed by atoms with Crippen LogP contribution in [0.5, 0.6) is 0 Å². The molecule has 4 atom stereocenters. The first-order valence-electron chi connectivity index (χ1n) is 13.3. The van der Waals surface area contributed by atoms with E-state index in [0.29, 0.717) is 18.8 Å². The smallest absolute Gasteiger partial charge is 0.300 e. The number of tetrazole rings is 1. The van der Waals surface area contributed by atoms with Gasteiger partial charge < -0.3 is 0 Å². The molecule has 9 nitrogen and oxygen atoms in total. The maximum atomic E-state index is 14.1. The van der Waals surface area contributed by atoms with E-state index >= 15 is 0 Å². The Hall–Kier alpha value is -3.62. The highest BCUT2D eigenvalue weighted by atomic mass is 16.2. The second-order valence-electron chi connectivity index (χ2n) is 10.6. The quantitative estimate of drug-likeness (QED) is 0.471. The Morgan fingerprint density at radius 3 is 2.84 bits per heavy atom. The van der Waals surface area contributed by atoms with Crippen molar-refractivity contribution in [3.05, 3.63) is 64.5 Å². The van der Waals surface area contributed by atoms with Crippen molar-refractivity contribution in [3.63, 3.8) is 0 Å². The Labute approximate surface area is 216 Å². The van der Waals surface area contributed by atoms with E-state index in [0.717, 1.165) is 48.9 Å². The van der Waals surface area contributed by atoms with Crippen molar-refractivity contribution >= 4 is 12.0 Å². The Balaban J connectivity index is 1.59. The van der Waals surface area contributed by atoms with Crippen molar-refractivity contribution in [1.29, 1.82) is 0 Å². The fourth-order valence-corrected chi connectivity index (χ4v) is 6.07. The molecule has 0 saturated heterocycles. The normalized spacial score (nSPS) is 25.1. The molecule has 9 heteroatoms. The van der Waals surface area contributed by atoms with E-state index in [1.807, 2.05) is 39.9 Å². The van der Waals surface area contributed by atoms with Gasteiger partial charge in [0.05, 0.1) is 6.04 Å². The van der Waals surface area contributed by atoms with Gasteiger partial charge in [-0.3, -0.25) is 18.9 Å². The zero-order valence-corrected chi connectivity index (χ0v) is 21.8. The number of aryl methyl sites for hydroxylation is 1. The van der Waals surface area contributed by atoms with Crippen LogP contribution in [0.15, 0.2) is 52.5 Å². The molecule has 1 aromatic carbocycles. The average Bonchev–Trinajstić information content (AvgIpc) is 3.64. The lowest BCUT2D eigenvalue weighted by atomic mass is 9.76. The van der Waals surface area contributed by atoms with Crippen LogP contribution in [0.25, 0.3) is 11.4 Å². The van der Waals surface area contributed by atoms with Crippen molar-refractivity contribution in [3.8, 4) is 11.4 Å². The third kappa shape index (κ3) is 4.74. The molecule has 1 aliphatic carbocycles. The summed E-state index contributed by atoms with van der Waals surface area (Å²) in [5.41, 5.74) is 2.47. The van der Waals surface area contributed by atoms with Crippen molar-refractivity contribution in [2.45, 2.75) is 77.3 Å². The molecule has 194 valence electrons. The fourth-order valence-electron chi connectivity index (χ4n) is 6.07. The van der Waals surface area contributed by atoms with E-state index in [9.17, 15) is 9.59 Å². The number of nitrogens with one attached hydrogen (secondary N) is 1. The zero-order valence-electron chi connectivity index (χ0n) is 21.8. The summed E-state index contributed by atoms with van der Waals surface area (Å²) in [6.45, 7) is 6.47. The molecule has 2 aliphatic rings. The highest BCUT2D eigenvalue weighted by Crippen LogP contribution is 2.41. The number of hydrogen-bond acceptors (Lipinski definition) is 6. The summed E-state index contributed by atoms with van der Waals surface area (Å²) in [6, 6.07) is 8.03. The number of benzene rings is 1. The molecule has 0 bridgehead atoms. The van der Waals surface area contributed by atoms with Crippen LogP contribution in [0, 0.1) is 11.8 Å². The summed E-state index contributed by atoms with van der Waals surface area (Å²) in [5.74, 6) is 0.877. The number of imidazole rings is 1. The SMILES string of the molecule is CCCCc1cn(C2C(C)CCC2C(C)=O)c(=O)n1CC1(c2cccc(-c3nn[nH]n3)c2)C=CN=CC1. The molecule has 1 fully saturated rings. The molecule has 1 N–H and O–H groups in total. The van der Waals surface area contributed by atoms with Crippen molar-refractivity contribution in [2.75, 3.05) is 0 Å². The lowest BCUT2D eigenvalue weighted by molar-refractivity contribution is -0.121. The predicted octanol–water partition coefficient (Wildman–Crippen LogP) is 4.27. The van der Waals surface area contributed by atoms with Gasteiger partial charge in [0.1, 0.15) is 5.78 Å². The Morgan fingerprint density at radius 1 is 1.27 bits per heavy atom. The van der Waals surface area contributed by atoms with Gasteiger partial charge in [0, 0.05) is 47.7 Å². The molecule has 0 spiro atoms. The first-order chi connectivity index (χ1) is 17.9. The summed E-state index contributed by atoms with van der Waals surface area (Å²) in [5, 5.41) is 14.5.